The molecule has 2 aromatic carbocycles. The lowest BCUT2D eigenvalue weighted by atomic mass is 10.2. The van der Waals surface area contributed by atoms with Crippen LogP contribution in [0, 0.1) is 0 Å². The van der Waals surface area contributed by atoms with Crippen molar-refractivity contribution in [2.24, 2.45) is 0 Å². The van der Waals surface area contributed by atoms with Gasteiger partial charge in [0.25, 0.3) is 0 Å². The predicted molar refractivity (Wildman–Crippen MR) is 78.0 cm³/mol. The van der Waals surface area contributed by atoms with E-state index in [1.807, 2.05) is 48.7 Å². The quantitative estimate of drug-likeness (QED) is 0.763. The van der Waals surface area contributed by atoms with Crippen LogP contribution in [0.25, 0.3) is 10.9 Å². The Hall–Kier alpha value is -2.55. The van der Waals surface area contributed by atoms with Gasteiger partial charge in [0.1, 0.15) is 5.75 Å². The molecule has 0 aliphatic rings. The summed E-state index contributed by atoms with van der Waals surface area (Å²) in [6.45, 7) is 0. The van der Waals surface area contributed by atoms with Gasteiger partial charge in [-0.3, -0.25) is 4.98 Å². The number of nitrogens with zero attached hydrogens (tertiary/aromatic N) is 1. The molecular weight excluding hydrogens is 236 g/mol. The zero-order valence-electron chi connectivity index (χ0n) is 10.6. The fourth-order valence-electron chi connectivity index (χ4n) is 2.03. The number of pyridine rings is 1. The van der Waals surface area contributed by atoms with Gasteiger partial charge >= 0.3 is 0 Å². The number of ether oxygens (including phenoxy) is 1. The van der Waals surface area contributed by atoms with Crippen molar-refractivity contribution in [3.8, 4) is 5.75 Å². The number of anilines is 2. The number of benzene rings is 2. The molecule has 3 nitrogen and oxygen atoms in total. The van der Waals surface area contributed by atoms with Crippen LogP contribution in [0.3, 0.4) is 0 Å². The standard InChI is InChI=1S/C16H14N2O/c1-19-14-9-7-13(8-10-14)18-15-6-2-4-12-5-3-11-17-16(12)15/h2-11,18H,1H3. The van der Waals surface area contributed by atoms with E-state index in [4.69, 9.17) is 4.74 Å². The average Bonchev–Trinajstić information content (AvgIpc) is 2.48. The molecule has 3 rings (SSSR count). The number of aromatic nitrogens is 1. The van der Waals surface area contributed by atoms with E-state index in [1.54, 1.807) is 7.11 Å². The molecule has 1 heterocycles. The Morgan fingerprint density at radius 1 is 0.947 bits per heavy atom. The monoisotopic (exact) mass is 250 g/mol. The van der Waals surface area contributed by atoms with E-state index in [-0.39, 0.29) is 0 Å². The molecule has 19 heavy (non-hydrogen) atoms. The van der Waals surface area contributed by atoms with Crippen molar-refractivity contribution >= 4 is 22.3 Å². The van der Waals surface area contributed by atoms with Crippen LogP contribution in [-0.2, 0) is 0 Å². The van der Waals surface area contributed by atoms with Gasteiger partial charge in [0.15, 0.2) is 0 Å². The Kier molecular flexibility index (Phi) is 3.02. The third-order valence-electron chi connectivity index (χ3n) is 3.00. The summed E-state index contributed by atoms with van der Waals surface area (Å²) in [6.07, 6.45) is 1.81. The molecule has 94 valence electrons. The van der Waals surface area contributed by atoms with Crippen LogP contribution in [0.15, 0.2) is 60.8 Å². The van der Waals surface area contributed by atoms with Crippen molar-refractivity contribution in [3.05, 3.63) is 60.8 Å². The fourth-order valence-corrected chi connectivity index (χ4v) is 2.03. The maximum atomic E-state index is 5.15. The lowest BCUT2D eigenvalue weighted by Gasteiger charge is -2.09. The van der Waals surface area contributed by atoms with E-state index in [2.05, 4.69) is 22.4 Å². The number of methoxy groups -OCH3 is 1. The molecule has 0 aliphatic carbocycles. The Labute approximate surface area is 111 Å². The molecule has 0 amide bonds. The van der Waals surface area contributed by atoms with Crippen LogP contribution in [-0.4, -0.2) is 12.1 Å². The summed E-state index contributed by atoms with van der Waals surface area (Å²) in [5, 5.41) is 4.51. The summed E-state index contributed by atoms with van der Waals surface area (Å²) in [5.74, 6) is 0.849. The minimum Gasteiger partial charge on any atom is -0.497 e. The van der Waals surface area contributed by atoms with E-state index in [1.165, 1.54) is 0 Å². The zero-order chi connectivity index (χ0) is 13.1. The average molecular weight is 250 g/mol. The molecule has 0 saturated heterocycles. The van der Waals surface area contributed by atoms with E-state index in [0.717, 1.165) is 28.0 Å². The van der Waals surface area contributed by atoms with Crippen molar-refractivity contribution < 1.29 is 4.74 Å². The van der Waals surface area contributed by atoms with Crippen LogP contribution in [0.5, 0.6) is 5.75 Å². The highest BCUT2D eigenvalue weighted by atomic mass is 16.5. The molecular formula is C16H14N2O. The minimum absolute atomic E-state index is 0.849. The van der Waals surface area contributed by atoms with Crippen molar-refractivity contribution in [1.29, 1.82) is 0 Å². The molecule has 3 aromatic rings. The molecule has 0 atom stereocenters. The van der Waals surface area contributed by atoms with Crippen LogP contribution < -0.4 is 10.1 Å². The minimum atomic E-state index is 0.849. The fraction of sp³-hybridized carbons (Fsp3) is 0.0625. The van der Waals surface area contributed by atoms with Crippen LogP contribution >= 0.6 is 0 Å². The summed E-state index contributed by atoms with van der Waals surface area (Å²) in [6, 6.07) is 17.9. The van der Waals surface area contributed by atoms with Gasteiger partial charge in [-0.2, -0.15) is 0 Å². The molecule has 0 radical (unpaired) electrons. The maximum absolute atomic E-state index is 5.15. The van der Waals surface area contributed by atoms with Crippen molar-refractivity contribution in [2.45, 2.75) is 0 Å². The highest BCUT2D eigenvalue weighted by molar-refractivity contribution is 5.91. The van der Waals surface area contributed by atoms with Gasteiger partial charge in [-0.1, -0.05) is 18.2 Å². The Bertz CT molecular complexity index is 687. The van der Waals surface area contributed by atoms with Crippen LogP contribution in [0.2, 0.25) is 0 Å². The molecule has 1 N–H and O–H groups in total. The molecule has 0 spiro atoms. The lowest BCUT2D eigenvalue weighted by Crippen LogP contribution is -1.93. The number of para-hydroxylation sites is 1. The van der Waals surface area contributed by atoms with E-state index in [9.17, 15) is 0 Å². The summed E-state index contributed by atoms with van der Waals surface area (Å²) < 4.78 is 5.15. The third kappa shape index (κ3) is 2.36. The van der Waals surface area contributed by atoms with Gasteiger partial charge in [-0.05, 0) is 36.4 Å². The first kappa shape index (κ1) is 11.5. The molecule has 3 heteroatoms. The van der Waals surface area contributed by atoms with Crippen LogP contribution in [0.4, 0.5) is 11.4 Å². The molecule has 0 aliphatic heterocycles. The van der Waals surface area contributed by atoms with E-state index in [0.29, 0.717) is 0 Å². The number of rotatable bonds is 3. The summed E-state index contributed by atoms with van der Waals surface area (Å²) in [5.41, 5.74) is 2.99. The number of fused-ring (bicyclic) bond motifs is 1. The number of hydrogen-bond acceptors (Lipinski definition) is 3. The largest absolute Gasteiger partial charge is 0.497 e. The Balaban J connectivity index is 1.96. The van der Waals surface area contributed by atoms with Crippen LogP contribution in [0.1, 0.15) is 0 Å². The number of nitrogens with one attached hydrogen (secondary N) is 1. The highest BCUT2D eigenvalue weighted by Crippen LogP contribution is 2.25. The summed E-state index contributed by atoms with van der Waals surface area (Å²) >= 11 is 0. The van der Waals surface area contributed by atoms with Gasteiger partial charge in [0.05, 0.1) is 18.3 Å². The number of hydrogen-bond donors (Lipinski definition) is 1. The summed E-state index contributed by atoms with van der Waals surface area (Å²) in [7, 11) is 1.66. The van der Waals surface area contributed by atoms with Crippen molar-refractivity contribution in [3.63, 3.8) is 0 Å². The first-order valence-corrected chi connectivity index (χ1v) is 6.11. The Morgan fingerprint density at radius 2 is 1.74 bits per heavy atom. The first-order chi connectivity index (χ1) is 9.36. The van der Waals surface area contributed by atoms with Crippen molar-refractivity contribution in [1.82, 2.24) is 4.98 Å². The smallest absolute Gasteiger partial charge is 0.119 e. The predicted octanol–water partition coefficient (Wildman–Crippen LogP) is 3.99. The molecule has 0 fully saturated rings. The van der Waals surface area contributed by atoms with E-state index < -0.39 is 0 Å². The second-order valence-corrected chi connectivity index (χ2v) is 4.23. The maximum Gasteiger partial charge on any atom is 0.119 e. The van der Waals surface area contributed by atoms with Gasteiger partial charge in [-0.25, -0.2) is 0 Å². The Morgan fingerprint density at radius 3 is 2.53 bits per heavy atom. The molecule has 0 bridgehead atoms. The SMILES string of the molecule is COc1ccc(Nc2cccc3cccnc23)cc1. The topological polar surface area (TPSA) is 34.1 Å². The third-order valence-corrected chi connectivity index (χ3v) is 3.00. The molecule has 1 aromatic heterocycles. The lowest BCUT2D eigenvalue weighted by molar-refractivity contribution is 0.415. The first-order valence-electron chi connectivity index (χ1n) is 6.11. The second kappa shape index (κ2) is 4.98. The van der Waals surface area contributed by atoms with Gasteiger partial charge in [0, 0.05) is 17.3 Å². The second-order valence-electron chi connectivity index (χ2n) is 4.23. The van der Waals surface area contributed by atoms with Gasteiger partial charge in [0.2, 0.25) is 0 Å². The zero-order valence-corrected chi connectivity index (χ0v) is 10.6. The van der Waals surface area contributed by atoms with E-state index >= 15 is 0 Å². The summed E-state index contributed by atoms with van der Waals surface area (Å²) in [4.78, 5) is 4.42. The molecule has 0 saturated carbocycles. The van der Waals surface area contributed by atoms with Crippen molar-refractivity contribution in [2.75, 3.05) is 12.4 Å². The molecule has 0 unspecified atom stereocenters. The normalized spacial score (nSPS) is 10.4. The van der Waals surface area contributed by atoms with Gasteiger partial charge < -0.3 is 10.1 Å². The van der Waals surface area contributed by atoms with Gasteiger partial charge in [-0.15, -0.1) is 0 Å². The highest BCUT2D eigenvalue weighted by Gasteiger charge is 2.02.